The van der Waals surface area contributed by atoms with E-state index in [-0.39, 0.29) is 5.56 Å². The van der Waals surface area contributed by atoms with Gasteiger partial charge in [-0.2, -0.15) is 0 Å². The van der Waals surface area contributed by atoms with Gasteiger partial charge >= 0.3 is 0 Å². The molecule has 0 spiro atoms. The van der Waals surface area contributed by atoms with Gasteiger partial charge in [0.25, 0.3) is 5.56 Å². The number of para-hydroxylation sites is 2. The number of piperazine rings is 1. The van der Waals surface area contributed by atoms with E-state index in [0.29, 0.717) is 11.3 Å². The molecule has 0 bridgehead atoms. The van der Waals surface area contributed by atoms with E-state index in [1.807, 2.05) is 36.4 Å². The second-order valence-electron chi connectivity index (χ2n) is 8.04. The molecule has 5 rings (SSSR count). The third-order valence-electron chi connectivity index (χ3n) is 6.17. The standard InChI is InChI=1S/C24H26N4O2S2/c1-30-19-9-4-3-8-18(19)27-15-13-26(14-16-27)11-6-12-28-23(29)22-21(25-24(28)31)17-7-2-5-10-20(17)32-22/h2-5,7-10H,6,11-16H2,1H3,(H,25,31). The smallest absolute Gasteiger partial charge is 0.272 e. The molecule has 8 heteroatoms. The lowest BCUT2D eigenvalue weighted by molar-refractivity contribution is 0.249. The summed E-state index contributed by atoms with van der Waals surface area (Å²) in [6.07, 6.45) is 0.891. The number of H-pyrrole nitrogens is 1. The largest absolute Gasteiger partial charge is 0.495 e. The summed E-state index contributed by atoms with van der Waals surface area (Å²) in [5.74, 6) is 0.922. The number of anilines is 1. The third kappa shape index (κ3) is 3.94. The Labute approximate surface area is 195 Å². The topological polar surface area (TPSA) is 53.5 Å². The molecule has 0 saturated carbocycles. The molecule has 0 aliphatic carbocycles. The van der Waals surface area contributed by atoms with E-state index in [1.54, 1.807) is 11.7 Å². The van der Waals surface area contributed by atoms with Crippen molar-refractivity contribution in [1.82, 2.24) is 14.5 Å². The molecular formula is C24H26N4O2S2. The molecule has 0 unspecified atom stereocenters. The first-order chi connectivity index (χ1) is 15.7. The molecule has 0 atom stereocenters. The Bertz CT molecular complexity index is 1370. The van der Waals surface area contributed by atoms with Crippen LogP contribution in [-0.4, -0.2) is 54.3 Å². The summed E-state index contributed by atoms with van der Waals surface area (Å²) in [5, 5.41) is 1.07. The fourth-order valence-electron chi connectivity index (χ4n) is 4.47. The van der Waals surface area contributed by atoms with E-state index in [2.05, 4.69) is 26.9 Å². The van der Waals surface area contributed by atoms with Crippen LogP contribution >= 0.6 is 23.6 Å². The van der Waals surface area contributed by atoms with Gasteiger partial charge in [-0.1, -0.05) is 30.3 Å². The molecule has 3 heterocycles. The summed E-state index contributed by atoms with van der Waals surface area (Å²) in [7, 11) is 1.72. The van der Waals surface area contributed by atoms with Crippen molar-refractivity contribution in [1.29, 1.82) is 0 Å². The number of ether oxygens (including phenoxy) is 1. The molecule has 0 amide bonds. The second kappa shape index (κ2) is 9.05. The maximum atomic E-state index is 13.1. The summed E-state index contributed by atoms with van der Waals surface area (Å²) in [5.41, 5.74) is 2.04. The van der Waals surface area contributed by atoms with E-state index in [0.717, 1.165) is 70.9 Å². The molecule has 32 heavy (non-hydrogen) atoms. The number of thiophene rings is 1. The first kappa shape index (κ1) is 21.2. The summed E-state index contributed by atoms with van der Waals surface area (Å²) < 4.78 is 9.60. The number of nitrogens with one attached hydrogen (secondary N) is 1. The highest BCUT2D eigenvalue weighted by atomic mass is 32.1. The Kier molecular flexibility index (Phi) is 5.99. The lowest BCUT2D eigenvalue weighted by Crippen LogP contribution is -2.46. The van der Waals surface area contributed by atoms with E-state index < -0.39 is 0 Å². The van der Waals surface area contributed by atoms with Gasteiger partial charge in [0.15, 0.2) is 4.77 Å². The molecule has 1 aliphatic heterocycles. The van der Waals surface area contributed by atoms with E-state index in [4.69, 9.17) is 17.0 Å². The highest BCUT2D eigenvalue weighted by Crippen LogP contribution is 2.30. The second-order valence-corrected chi connectivity index (χ2v) is 9.48. The lowest BCUT2D eigenvalue weighted by Gasteiger charge is -2.36. The zero-order valence-electron chi connectivity index (χ0n) is 18.0. The van der Waals surface area contributed by atoms with Gasteiger partial charge in [0, 0.05) is 42.8 Å². The molecule has 1 fully saturated rings. The Morgan fingerprint density at radius 3 is 2.59 bits per heavy atom. The van der Waals surface area contributed by atoms with Gasteiger partial charge < -0.3 is 14.6 Å². The Morgan fingerprint density at radius 1 is 1.03 bits per heavy atom. The summed E-state index contributed by atoms with van der Waals surface area (Å²) in [6.45, 7) is 5.50. The summed E-state index contributed by atoms with van der Waals surface area (Å²) in [4.78, 5) is 21.3. The predicted octanol–water partition coefficient (Wildman–Crippen LogP) is 4.49. The van der Waals surface area contributed by atoms with Crippen LogP contribution in [0.1, 0.15) is 6.42 Å². The number of fused-ring (bicyclic) bond motifs is 3. The van der Waals surface area contributed by atoms with Crippen molar-refractivity contribution in [2.24, 2.45) is 0 Å². The monoisotopic (exact) mass is 466 g/mol. The molecule has 2 aromatic heterocycles. The summed E-state index contributed by atoms with van der Waals surface area (Å²) >= 11 is 7.08. The minimum absolute atomic E-state index is 0.0194. The van der Waals surface area contributed by atoms with Gasteiger partial charge in [-0.05, 0) is 43.4 Å². The number of hydrogen-bond donors (Lipinski definition) is 1. The van der Waals surface area contributed by atoms with Crippen LogP contribution in [0.5, 0.6) is 5.75 Å². The van der Waals surface area contributed by atoms with Gasteiger partial charge in [-0.25, -0.2) is 0 Å². The van der Waals surface area contributed by atoms with Crippen molar-refractivity contribution in [2.75, 3.05) is 44.7 Å². The highest BCUT2D eigenvalue weighted by molar-refractivity contribution is 7.71. The third-order valence-corrected chi connectivity index (χ3v) is 7.65. The van der Waals surface area contributed by atoms with Crippen molar-refractivity contribution in [3.63, 3.8) is 0 Å². The van der Waals surface area contributed by atoms with Crippen molar-refractivity contribution < 1.29 is 4.74 Å². The van der Waals surface area contributed by atoms with Crippen molar-refractivity contribution in [2.45, 2.75) is 13.0 Å². The Morgan fingerprint density at radius 2 is 1.78 bits per heavy atom. The first-order valence-corrected chi connectivity index (χ1v) is 12.1. The Hall–Kier alpha value is -2.68. The van der Waals surface area contributed by atoms with Crippen LogP contribution in [0.4, 0.5) is 5.69 Å². The van der Waals surface area contributed by atoms with Crippen LogP contribution in [0.3, 0.4) is 0 Å². The van der Waals surface area contributed by atoms with Crippen LogP contribution in [-0.2, 0) is 6.54 Å². The quantitative estimate of drug-likeness (QED) is 0.424. The molecule has 6 nitrogen and oxygen atoms in total. The maximum Gasteiger partial charge on any atom is 0.272 e. The fourth-order valence-corrected chi connectivity index (χ4v) is 5.85. The van der Waals surface area contributed by atoms with Crippen molar-refractivity contribution in [3.05, 3.63) is 63.7 Å². The van der Waals surface area contributed by atoms with Crippen LogP contribution in [0.25, 0.3) is 20.3 Å². The Balaban J connectivity index is 1.23. The average molecular weight is 467 g/mol. The van der Waals surface area contributed by atoms with E-state index in [1.165, 1.54) is 11.3 Å². The molecule has 1 N–H and O–H groups in total. The lowest BCUT2D eigenvalue weighted by atomic mass is 10.2. The number of rotatable bonds is 6. The van der Waals surface area contributed by atoms with Gasteiger partial charge in [0.1, 0.15) is 10.4 Å². The first-order valence-electron chi connectivity index (χ1n) is 10.9. The number of aromatic amines is 1. The van der Waals surface area contributed by atoms with Crippen molar-refractivity contribution >= 4 is 49.5 Å². The number of methoxy groups -OCH3 is 1. The molecule has 1 saturated heterocycles. The summed E-state index contributed by atoms with van der Waals surface area (Å²) in [6, 6.07) is 16.3. The fraction of sp³-hybridized carbons (Fsp3) is 0.333. The highest BCUT2D eigenvalue weighted by Gasteiger charge is 2.19. The average Bonchev–Trinajstić information content (AvgIpc) is 3.20. The SMILES string of the molecule is COc1ccccc1N1CCN(CCCn2c(=S)[nH]c3c(sc4ccccc43)c2=O)CC1. The number of aromatic nitrogens is 2. The molecule has 1 aliphatic rings. The molecule has 0 radical (unpaired) electrons. The number of nitrogens with zero attached hydrogens (tertiary/aromatic N) is 3. The number of hydrogen-bond acceptors (Lipinski definition) is 6. The molecular weight excluding hydrogens is 440 g/mol. The van der Waals surface area contributed by atoms with Gasteiger partial charge in [0.2, 0.25) is 0 Å². The zero-order valence-corrected chi connectivity index (χ0v) is 19.7. The molecule has 2 aromatic carbocycles. The van der Waals surface area contributed by atoms with E-state index >= 15 is 0 Å². The molecule has 4 aromatic rings. The minimum atomic E-state index is 0.0194. The van der Waals surface area contributed by atoms with Crippen LogP contribution in [0.2, 0.25) is 0 Å². The van der Waals surface area contributed by atoms with Gasteiger partial charge in [0.05, 0.1) is 18.3 Å². The zero-order chi connectivity index (χ0) is 22.1. The van der Waals surface area contributed by atoms with E-state index in [9.17, 15) is 4.79 Å². The maximum absolute atomic E-state index is 13.1. The van der Waals surface area contributed by atoms with Crippen LogP contribution in [0.15, 0.2) is 53.3 Å². The molecule has 166 valence electrons. The van der Waals surface area contributed by atoms with Crippen molar-refractivity contribution in [3.8, 4) is 5.75 Å². The predicted molar refractivity (Wildman–Crippen MR) is 135 cm³/mol. The normalized spacial score (nSPS) is 15.0. The van der Waals surface area contributed by atoms with Gasteiger partial charge in [-0.15, -0.1) is 11.3 Å². The van der Waals surface area contributed by atoms with Crippen LogP contribution in [0, 0.1) is 4.77 Å². The van der Waals surface area contributed by atoms with Gasteiger partial charge in [-0.3, -0.25) is 14.3 Å². The minimum Gasteiger partial charge on any atom is -0.495 e. The van der Waals surface area contributed by atoms with Crippen LogP contribution < -0.4 is 15.2 Å². The number of benzene rings is 2.